The quantitative estimate of drug-likeness (QED) is 0.764. The van der Waals surface area contributed by atoms with Crippen molar-refractivity contribution in [2.45, 2.75) is 13.0 Å². The van der Waals surface area contributed by atoms with Crippen LogP contribution in [0.2, 0.25) is 0 Å². The maximum Gasteiger partial charge on any atom is 0.265 e. The van der Waals surface area contributed by atoms with Gasteiger partial charge in [-0.25, -0.2) is 0 Å². The zero-order valence-corrected chi connectivity index (χ0v) is 13.7. The molecule has 4 heteroatoms. The van der Waals surface area contributed by atoms with Gasteiger partial charge in [0.15, 0.2) is 6.10 Å². The first kappa shape index (κ1) is 15.9. The van der Waals surface area contributed by atoms with Crippen molar-refractivity contribution in [1.29, 1.82) is 0 Å². The van der Waals surface area contributed by atoms with Crippen molar-refractivity contribution >= 4 is 22.4 Å². The number of fused-ring (bicyclic) bond motifs is 1. The predicted molar refractivity (Wildman–Crippen MR) is 95.7 cm³/mol. The van der Waals surface area contributed by atoms with E-state index in [1.807, 2.05) is 42.5 Å². The molecule has 1 amide bonds. The van der Waals surface area contributed by atoms with Crippen LogP contribution in [0.25, 0.3) is 10.8 Å². The Hall–Kier alpha value is -3.01. The molecule has 0 radical (unpaired) electrons. The van der Waals surface area contributed by atoms with Crippen LogP contribution in [0.3, 0.4) is 0 Å². The summed E-state index contributed by atoms with van der Waals surface area (Å²) in [6, 6.07) is 20.9. The molecular weight excluding hydrogens is 302 g/mol. The molecule has 0 spiro atoms. The predicted octanol–water partition coefficient (Wildman–Crippen LogP) is 4.25. The second kappa shape index (κ2) is 7.04. The minimum absolute atomic E-state index is 0.192. The number of carbonyl (C=O) groups is 1. The molecule has 0 saturated heterocycles. The number of nitrogens with one attached hydrogen (secondary N) is 1. The lowest BCUT2D eigenvalue weighted by Gasteiger charge is -2.16. The molecule has 0 aliphatic rings. The zero-order valence-electron chi connectivity index (χ0n) is 13.7. The Morgan fingerprint density at radius 1 is 0.917 bits per heavy atom. The molecule has 0 unspecified atom stereocenters. The Balaban J connectivity index is 1.71. The van der Waals surface area contributed by atoms with Gasteiger partial charge in [-0.15, -0.1) is 0 Å². The fourth-order valence-electron chi connectivity index (χ4n) is 2.48. The van der Waals surface area contributed by atoms with Crippen LogP contribution in [-0.2, 0) is 4.79 Å². The lowest BCUT2D eigenvalue weighted by molar-refractivity contribution is -0.122. The normalized spacial score (nSPS) is 11.8. The van der Waals surface area contributed by atoms with Gasteiger partial charge in [0.05, 0.1) is 7.11 Å². The van der Waals surface area contributed by atoms with Gasteiger partial charge in [-0.1, -0.05) is 36.4 Å². The van der Waals surface area contributed by atoms with Gasteiger partial charge < -0.3 is 14.8 Å². The first-order valence-electron chi connectivity index (χ1n) is 7.77. The van der Waals surface area contributed by atoms with Crippen molar-refractivity contribution in [3.63, 3.8) is 0 Å². The van der Waals surface area contributed by atoms with E-state index in [1.165, 1.54) is 0 Å². The highest BCUT2D eigenvalue weighted by atomic mass is 16.5. The van der Waals surface area contributed by atoms with Gasteiger partial charge in [0.25, 0.3) is 5.91 Å². The summed E-state index contributed by atoms with van der Waals surface area (Å²) in [5.74, 6) is 1.17. The second-order valence-electron chi connectivity index (χ2n) is 5.45. The molecule has 24 heavy (non-hydrogen) atoms. The van der Waals surface area contributed by atoms with E-state index in [0.717, 1.165) is 22.2 Å². The third kappa shape index (κ3) is 3.49. The Bertz CT molecular complexity index is 838. The van der Waals surface area contributed by atoms with Crippen LogP contribution in [0.15, 0.2) is 66.7 Å². The highest BCUT2D eigenvalue weighted by Gasteiger charge is 2.15. The Morgan fingerprint density at radius 3 is 2.33 bits per heavy atom. The maximum absolute atomic E-state index is 12.4. The average Bonchev–Trinajstić information content (AvgIpc) is 2.62. The molecule has 0 heterocycles. The van der Waals surface area contributed by atoms with Crippen molar-refractivity contribution in [2.75, 3.05) is 12.4 Å². The van der Waals surface area contributed by atoms with Crippen molar-refractivity contribution in [3.05, 3.63) is 66.7 Å². The maximum atomic E-state index is 12.4. The summed E-state index contributed by atoms with van der Waals surface area (Å²) in [6.45, 7) is 1.73. The molecule has 1 atom stereocenters. The Kier molecular flexibility index (Phi) is 4.66. The average molecular weight is 321 g/mol. The number of hydrogen-bond acceptors (Lipinski definition) is 3. The van der Waals surface area contributed by atoms with Crippen LogP contribution in [0, 0.1) is 0 Å². The Morgan fingerprint density at radius 2 is 1.58 bits per heavy atom. The first-order valence-corrected chi connectivity index (χ1v) is 7.77. The highest BCUT2D eigenvalue weighted by Crippen LogP contribution is 2.23. The number of amides is 1. The monoisotopic (exact) mass is 321 g/mol. The standard InChI is InChI=1S/C20H19NO3/c1-14(24-17-12-10-16(23-2)11-13-17)20(22)21-19-9-5-7-15-6-3-4-8-18(15)19/h3-14H,1-2H3,(H,21,22)/t14-/m0/s1. The molecule has 3 aromatic carbocycles. The number of anilines is 1. The van der Waals surface area contributed by atoms with Gasteiger partial charge in [0.1, 0.15) is 11.5 Å². The lowest BCUT2D eigenvalue weighted by atomic mass is 10.1. The summed E-state index contributed by atoms with van der Waals surface area (Å²) < 4.78 is 10.8. The van der Waals surface area contributed by atoms with E-state index >= 15 is 0 Å². The minimum atomic E-state index is -0.614. The number of hydrogen-bond donors (Lipinski definition) is 1. The SMILES string of the molecule is COc1ccc(O[C@@H](C)C(=O)Nc2cccc3ccccc23)cc1. The summed E-state index contributed by atoms with van der Waals surface area (Å²) in [7, 11) is 1.61. The topological polar surface area (TPSA) is 47.6 Å². The number of ether oxygens (including phenoxy) is 2. The van der Waals surface area contributed by atoms with E-state index in [0.29, 0.717) is 5.75 Å². The third-order valence-electron chi connectivity index (χ3n) is 3.79. The van der Waals surface area contributed by atoms with Crippen LogP contribution >= 0.6 is 0 Å². The number of benzene rings is 3. The molecular formula is C20H19NO3. The molecule has 1 N–H and O–H groups in total. The van der Waals surface area contributed by atoms with E-state index in [4.69, 9.17) is 9.47 Å². The molecule has 4 nitrogen and oxygen atoms in total. The summed E-state index contributed by atoms with van der Waals surface area (Å²) in [4.78, 5) is 12.4. The van der Waals surface area contributed by atoms with Crippen molar-refractivity contribution < 1.29 is 14.3 Å². The third-order valence-corrected chi connectivity index (χ3v) is 3.79. The van der Waals surface area contributed by atoms with E-state index in [9.17, 15) is 4.79 Å². The largest absolute Gasteiger partial charge is 0.497 e. The van der Waals surface area contributed by atoms with E-state index in [1.54, 1.807) is 38.3 Å². The van der Waals surface area contributed by atoms with Crippen LogP contribution in [0.5, 0.6) is 11.5 Å². The van der Waals surface area contributed by atoms with Crippen LogP contribution in [0.1, 0.15) is 6.92 Å². The first-order chi connectivity index (χ1) is 11.7. The molecule has 0 bridgehead atoms. The smallest absolute Gasteiger partial charge is 0.265 e. The summed E-state index contributed by atoms with van der Waals surface area (Å²) in [6.07, 6.45) is -0.614. The molecule has 3 aromatic rings. The van der Waals surface area contributed by atoms with Gasteiger partial charge in [0, 0.05) is 11.1 Å². The Labute approximate surface area is 141 Å². The fourth-order valence-corrected chi connectivity index (χ4v) is 2.48. The highest BCUT2D eigenvalue weighted by molar-refractivity contribution is 6.03. The molecule has 0 fully saturated rings. The van der Waals surface area contributed by atoms with Crippen molar-refractivity contribution in [1.82, 2.24) is 0 Å². The summed E-state index contributed by atoms with van der Waals surface area (Å²) in [5.41, 5.74) is 0.781. The van der Waals surface area contributed by atoms with Gasteiger partial charge in [-0.3, -0.25) is 4.79 Å². The molecule has 0 aliphatic carbocycles. The summed E-state index contributed by atoms with van der Waals surface area (Å²) in [5, 5.41) is 5.03. The van der Waals surface area contributed by atoms with E-state index in [-0.39, 0.29) is 5.91 Å². The second-order valence-corrected chi connectivity index (χ2v) is 5.45. The molecule has 0 aliphatic heterocycles. The van der Waals surface area contributed by atoms with Crippen LogP contribution < -0.4 is 14.8 Å². The van der Waals surface area contributed by atoms with Gasteiger partial charge in [-0.2, -0.15) is 0 Å². The molecule has 0 saturated carbocycles. The lowest BCUT2D eigenvalue weighted by Crippen LogP contribution is -2.30. The van der Waals surface area contributed by atoms with E-state index < -0.39 is 6.10 Å². The molecule has 122 valence electrons. The zero-order chi connectivity index (χ0) is 16.9. The van der Waals surface area contributed by atoms with Gasteiger partial charge in [-0.05, 0) is 42.6 Å². The van der Waals surface area contributed by atoms with Crippen LogP contribution in [-0.4, -0.2) is 19.1 Å². The molecule has 3 rings (SSSR count). The number of carbonyl (C=O) groups excluding carboxylic acids is 1. The number of rotatable bonds is 5. The van der Waals surface area contributed by atoms with E-state index in [2.05, 4.69) is 5.32 Å². The van der Waals surface area contributed by atoms with Crippen LogP contribution in [0.4, 0.5) is 5.69 Å². The molecule has 0 aromatic heterocycles. The van der Waals surface area contributed by atoms with Gasteiger partial charge >= 0.3 is 0 Å². The van der Waals surface area contributed by atoms with Crippen molar-refractivity contribution in [2.24, 2.45) is 0 Å². The van der Waals surface area contributed by atoms with Crippen molar-refractivity contribution in [3.8, 4) is 11.5 Å². The van der Waals surface area contributed by atoms with Gasteiger partial charge in [0.2, 0.25) is 0 Å². The number of methoxy groups -OCH3 is 1. The minimum Gasteiger partial charge on any atom is -0.497 e. The fraction of sp³-hybridized carbons (Fsp3) is 0.150. The summed E-state index contributed by atoms with van der Waals surface area (Å²) >= 11 is 0.